The molecule has 0 aliphatic heterocycles. The van der Waals surface area contributed by atoms with E-state index < -0.39 is 11.7 Å². The van der Waals surface area contributed by atoms with Gasteiger partial charge in [0.1, 0.15) is 0 Å². The van der Waals surface area contributed by atoms with E-state index in [-0.39, 0.29) is 6.04 Å². The predicted molar refractivity (Wildman–Crippen MR) is 84.6 cm³/mol. The van der Waals surface area contributed by atoms with E-state index in [1.54, 1.807) is 0 Å². The molecule has 0 atom stereocenters. The average Bonchev–Trinajstić information content (AvgIpc) is 2.36. The summed E-state index contributed by atoms with van der Waals surface area (Å²) in [6, 6.07) is 11.6. The van der Waals surface area contributed by atoms with Gasteiger partial charge in [0.05, 0.1) is 5.56 Å². The molecule has 0 aliphatic rings. The highest BCUT2D eigenvalue weighted by atomic mass is 19.4. The number of rotatable bonds is 3. The number of hydrogen-bond donors (Lipinski definition) is 0. The monoisotopic (exact) mass is 307 g/mol. The van der Waals surface area contributed by atoms with Crippen molar-refractivity contribution in [3.8, 4) is 0 Å². The fourth-order valence-corrected chi connectivity index (χ4v) is 2.65. The lowest BCUT2D eigenvalue weighted by atomic mass is 10.1. The minimum Gasteiger partial charge on any atom is -0.339 e. The first-order valence-corrected chi connectivity index (χ1v) is 7.23. The predicted octanol–water partition coefficient (Wildman–Crippen LogP) is 5.87. The number of aryl methyl sites for hydroxylation is 2. The Morgan fingerprint density at radius 3 is 1.73 bits per heavy atom. The number of anilines is 2. The zero-order chi connectivity index (χ0) is 16.5. The van der Waals surface area contributed by atoms with Crippen molar-refractivity contribution in [2.75, 3.05) is 4.90 Å². The normalized spacial score (nSPS) is 11.8. The van der Waals surface area contributed by atoms with Gasteiger partial charge in [0.15, 0.2) is 0 Å². The molecule has 0 amide bonds. The van der Waals surface area contributed by atoms with Gasteiger partial charge in [0, 0.05) is 17.4 Å². The second kappa shape index (κ2) is 6.03. The van der Waals surface area contributed by atoms with Gasteiger partial charge in [0.25, 0.3) is 0 Å². The minimum absolute atomic E-state index is 0.137. The fraction of sp³-hybridized carbons (Fsp3) is 0.333. The molecule has 0 saturated carbocycles. The molecule has 22 heavy (non-hydrogen) atoms. The molecule has 2 rings (SSSR count). The Kier molecular flexibility index (Phi) is 4.50. The van der Waals surface area contributed by atoms with Crippen molar-refractivity contribution < 1.29 is 13.2 Å². The van der Waals surface area contributed by atoms with Crippen molar-refractivity contribution >= 4 is 11.4 Å². The zero-order valence-corrected chi connectivity index (χ0v) is 13.2. The van der Waals surface area contributed by atoms with Gasteiger partial charge in [-0.25, -0.2) is 0 Å². The van der Waals surface area contributed by atoms with Gasteiger partial charge < -0.3 is 4.90 Å². The lowest BCUT2D eigenvalue weighted by molar-refractivity contribution is -0.137. The van der Waals surface area contributed by atoms with E-state index in [1.807, 2.05) is 44.7 Å². The van der Waals surface area contributed by atoms with Crippen LogP contribution < -0.4 is 4.90 Å². The molecule has 0 fully saturated rings. The van der Waals surface area contributed by atoms with E-state index in [9.17, 15) is 13.2 Å². The molecule has 0 aliphatic carbocycles. The summed E-state index contributed by atoms with van der Waals surface area (Å²) in [4.78, 5) is 2.04. The molecule has 0 N–H and O–H groups in total. The molecule has 2 aromatic rings. The second-order valence-electron chi connectivity index (χ2n) is 5.85. The number of benzene rings is 2. The third-order valence-corrected chi connectivity index (χ3v) is 3.47. The van der Waals surface area contributed by atoms with E-state index in [0.29, 0.717) is 0 Å². The molecule has 0 bridgehead atoms. The van der Waals surface area contributed by atoms with Crippen molar-refractivity contribution in [1.82, 2.24) is 0 Å². The summed E-state index contributed by atoms with van der Waals surface area (Å²) in [5, 5.41) is 0. The highest BCUT2D eigenvalue weighted by molar-refractivity contribution is 5.65. The van der Waals surface area contributed by atoms with Crippen molar-refractivity contribution in [3.05, 3.63) is 59.2 Å². The Morgan fingerprint density at radius 2 is 1.32 bits per heavy atom. The standard InChI is InChI=1S/C18H20F3N/c1-12(2)22(17-10-13(3)9-14(4)11-17)16-7-5-15(6-8-16)18(19,20)21/h5-12H,1-4H3. The summed E-state index contributed by atoms with van der Waals surface area (Å²) in [7, 11) is 0. The summed E-state index contributed by atoms with van der Waals surface area (Å²) < 4.78 is 38.1. The molecule has 0 spiro atoms. The molecule has 0 unspecified atom stereocenters. The first-order valence-electron chi connectivity index (χ1n) is 7.23. The van der Waals surface area contributed by atoms with E-state index in [0.717, 1.165) is 34.6 Å². The summed E-state index contributed by atoms with van der Waals surface area (Å²) in [5.74, 6) is 0. The molecular formula is C18H20F3N. The number of hydrogen-bond acceptors (Lipinski definition) is 1. The molecule has 0 aromatic heterocycles. The lowest BCUT2D eigenvalue weighted by Gasteiger charge is -2.30. The van der Waals surface area contributed by atoms with E-state index >= 15 is 0 Å². The summed E-state index contributed by atoms with van der Waals surface area (Å²) >= 11 is 0. The van der Waals surface area contributed by atoms with Gasteiger partial charge >= 0.3 is 6.18 Å². The van der Waals surface area contributed by atoms with Crippen molar-refractivity contribution in [2.24, 2.45) is 0 Å². The number of alkyl halides is 3. The van der Waals surface area contributed by atoms with Crippen LogP contribution in [0.25, 0.3) is 0 Å². The van der Waals surface area contributed by atoms with Crippen molar-refractivity contribution in [2.45, 2.75) is 39.9 Å². The molecule has 118 valence electrons. The van der Waals surface area contributed by atoms with Crippen LogP contribution in [0.4, 0.5) is 24.5 Å². The van der Waals surface area contributed by atoms with Crippen LogP contribution in [-0.2, 0) is 6.18 Å². The third kappa shape index (κ3) is 3.62. The molecule has 0 heterocycles. The van der Waals surface area contributed by atoms with Gasteiger partial charge in [-0.2, -0.15) is 13.2 Å². The highest BCUT2D eigenvalue weighted by Gasteiger charge is 2.30. The summed E-state index contributed by atoms with van der Waals surface area (Å²) in [5.41, 5.74) is 3.39. The largest absolute Gasteiger partial charge is 0.416 e. The quantitative estimate of drug-likeness (QED) is 0.685. The first kappa shape index (κ1) is 16.4. The maximum Gasteiger partial charge on any atom is 0.416 e. The maximum atomic E-state index is 12.7. The van der Waals surface area contributed by atoms with Gasteiger partial charge in [0.2, 0.25) is 0 Å². The first-order chi connectivity index (χ1) is 10.2. The Balaban J connectivity index is 2.44. The second-order valence-corrected chi connectivity index (χ2v) is 5.85. The van der Waals surface area contributed by atoms with Crippen LogP contribution in [0.5, 0.6) is 0 Å². The highest BCUT2D eigenvalue weighted by Crippen LogP contribution is 2.33. The van der Waals surface area contributed by atoms with Gasteiger partial charge in [-0.15, -0.1) is 0 Å². The van der Waals surface area contributed by atoms with Crippen LogP contribution in [0.2, 0.25) is 0 Å². The summed E-state index contributed by atoms with van der Waals surface area (Å²) in [6.07, 6.45) is -4.30. The Hall–Kier alpha value is -1.97. The fourth-order valence-electron chi connectivity index (χ4n) is 2.65. The Labute approximate surface area is 129 Å². The van der Waals surface area contributed by atoms with Crippen molar-refractivity contribution in [1.29, 1.82) is 0 Å². The van der Waals surface area contributed by atoms with E-state index in [1.165, 1.54) is 12.1 Å². The molecule has 4 heteroatoms. The Bertz CT molecular complexity index is 622. The van der Waals surface area contributed by atoms with Crippen LogP contribution in [-0.4, -0.2) is 6.04 Å². The number of halogens is 3. The van der Waals surface area contributed by atoms with Crippen LogP contribution in [0, 0.1) is 13.8 Å². The lowest BCUT2D eigenvalue weighted by Crippen LogP contribution is -2.25. The zero-order valence-electron chi connectivity index (χ0n) is 13.2. The van der Waals surface area contributed by atoms with E-state index in [4.69, 9.17) is 0 Å². The van der Waals surface area contributed by atoms with Gasteiger partial charge in [-0.3, -0.25) is 0 Å². The number of nitrogens with zero attached hydrogens (tertiary/aromatic N) is 1. The molecule has 0 saturated heterocycles. The maximum absolute atomic E-state index is 12.7. The SMILES string of the molecule is Cc1cc(C)cc(N(c2ccc(C(F)(F)F)cc2)C(C)C)c1. The van der Waals surface area contributed by atoms with Crippen LogP contribution >= 0.6 is 0 Å². The molecule has 2 aromatic carbocycles. The van der Waals surface area contributed by atoms with Crippen LogP contribution in [0.1, 0.15) is 30.5 Å². The topological polar surface area (TPSA) is 3.24 Å². The average molecular weight is 307 g/mol. The summed E-state index contributed by atoms with van der Waals surface area (Å²) in [6.45, 7) is 8.08. The molecular weight excluding hydrogens is 287 g/mol. The Morgan fingerprint density at radius 1 is 0.818 bits per heavy atom. The minimum atomic E-state index is -4.30. The molecule has 1 nitrogen and oxygen atoms in total. The smallest absolute Gasteiger partial charge is 0.339 e. The van der Waals surface area contributed by atoms with Crippen LogP contribution in [0.3, 0.4) is 0 Å². The van der Waals surface area contributed by atoms with Crippen LogP contribution in [0.15, 0.2) is 42.5 Å². The third-order valence-electron chi connectivity index (χ3n) is 3.47. The van der Waals surface area contributed by atoms with Crippen molar-refractivity contribution in [3.63, 3.8) is 0 Å². The molecule has 0 radical (unpaired) electrons. The van der Waals surface area contributed by atoms with Gasteiger partial charge in [-0.1, -0.05) is 6.07 Å². The van der Waals surface area contributed by atoms with Gasteiger partial charge in [-0.05, 0) is 75.2 Å². The van der Waals surface area contributed by atoms with E-state index in [2.05, 4.69) is 6.07 Å².